The molecule has 0 N–H and O–H groups in total. The van der Waals surface area contributed by atoms with Gasteiger partial charge in [0.1, 0.15) is 17.3 Å². The number of ether oxygens (including phenoxy) is 3. The minimum absolute atomic E-state index is 0.00908. The van der Waals surface area contributed by atoms with Crippen molar-refractivity contribution in [2.75, 3.05) is 14.2 Å². The van der Waals surface area contributed by atoms with Gasteiger partial charge in [-0.05, 0) is 36.5 Å². The van der Waals surface area contributed by atoms with Gasteiger partial charge in [0.05, 0.1) is 14.2 Å². The number of ketones is 1. The Balaban J connectivity index is 1.94. The van der Waals surface area contributed by atoms with Crippen LogP contribution in [0.15, 0.2) is 41.7 Å². The first-order valence-electron chi connectivity index (χ1n) is 9.49. The molecule has 0 bridgehead atoms. The predicted octanol–water partition coefficient (Wildman–Crippen LogP) is 4.26. The van der Waals surface area contributed by atoms with Gasteiger partial charge in [-0.1, -0.05) is 26.3 Å². The first kappa shape index (κ1) is 17.2. The minimum atomic E-state index is -0.235. The van der Waals surface area contributed by atoms with Crippen LogP contribution in [0.3, 0.4) is 0 Å². The van der Waals surface area contributed by atoms with Gasteiger partial charge in [0.25, 0.3) is 0 Å². The van der Waals surface area contributed by atoms with Crippen molar-refractivity contribution in [3.63, 3.8) is 0 Å². The number of carbonyl (C=O) groups is 1. The van der Waals surface area contributed by atoms with Crippen molar-refractivity contribution < 1.29 is 19.0 Å². The van der Waals surface area contributed by atoms with Gasteiger partial charge in [-0.3, -0.25) is 4.79 Å². The smallest absolute Gasteiger partial charge is 0.185 e. The number of hydrogen-bond acceptors (Lipinski definition) is 4. The highest BCUT2D eigenvalue weighted by atomic mass is 16.5. The third-order valence-corrected chi connectivity index (χ3v) is 6.32. The monoisotopic (exact) mass is 354 g/mol. The Labute approximate surface area is 154 Å². The van der Waals surface area contributed by atoms with Crippen molar-refractivity contribution in [1.29, 1.82) is 0 Å². The number of rotatable bonds is 4. The number of allylic oxidation sites excluding steroid dienone is 2. The van der Waals surface area contributed by atoms with E-state index in [2.05, 4.69) is 26.0 Å². The molecular formula is C22H26O4. The van der Waals surface area contributed by atoms with Crippen LogP contribution in [0.5, 0.6) is 11.5 Å². The highest BCUT2D eigenvalue weighted by molar-refractivity contribution is 6.06. The molecule has 0 spiro atoms. The molecule has 2 unspecified atom stereocenters. The van der Waals surface area contributed by atoms with Gasteiger partial charge >= 0.3 is 0 Å². The summed E-state index contributed by atoms with van der Waals surface area (Å²) in [7, 11) is 3.30. The van der Waals surface area contributed by atoms with Gasteiger partial charge in [-0.2, -0.15) is 0 Å². The van der Waals surface area contributed by atoms with E-state index in [4.69, 9.17) is 14.2 Å². The van der Waals surface area contributed by atoms with Gasteiger partial charge < -0.3 is 14.2 Å². The van der Waals surface area contributed by atoms with E-state index in [1.807, 2.05) is 12.1 Å². The fourth-order valence-corrected chi connectivity index (χ4v) is 5.13. The van der Waals surface area contributed by atoms with Crippen molar-refractivity contribution in [1.82, 2.24) is 0 Å². The van der Waals surface area contributed by atoms with Crippen molar-refractivity contribution in [3.05, 3.63) is 47.2 Å². The first-order valence-corrected chi connectivity index (χ1v) is 9.49. The number of methoxy groups -OCH3 is 2. The third-order valence-electron chi connectivity index (χ3n) is 6.32. The molecule has 2 aliphatic carbocycles. The molecule has 0 radical (unpaired) electrons. The Kier molecular flexibility index (Phi) is 4.29. The van der Waals surface area contributed by atoms with Crippen LogP contribution in [-0.2, 0) is 9.53 Å². The van der Waals surface area contributed by atoms with E-state index >= 15 is 0 Å². The molecule has 4 nitrogen and oxygen atoms in total. The molecule has 138 valence electrons. The summed E-state index contributed by atoms with van der Waals surface area (Å²) in [5, 5.41) is 0. The third kappa shape index (κ3) is 2.38. The van der Waals surface area contributed by atoms with Gasteiger partial charge in [0.2, 0.25) is 0 Å². The average Bonchev–Trinajstić information content (AvgIpc) is 2.68. The summed E-state index contributed by atoms with van der Waals surface area (Å²) in [5.74, 6) is 3.51. The van der Waals surface area contributed by atoms with Gasteiger partial charge in [0.15, 0.2) is 11.9 Å². The zero-order chi connectivity index (χ0) is 18.4. The standard InChI is InChI=1S/C22H26O4/c1-5-12-9-15-17(23)11-19(25-4)22-21(15)20(14(12)6-2)16-10-13(24-3)7-8-18(16)26-22/h7-12,14,20-22H,5-6H2,1-4H3/t12?,14-,20-,21-,22?/m1/s1. The maximum Gasteiger partial charge on any atom is 0.185 e. The first-order chi connectivity index (χ1) is 12.6. The minimum Gasteiger partial charge on any atom is -0.497 e. The fourth-order valence-electron chi connectivity index (χ4n) is 5.13. The molecule has 0 aromatic heterocycles. The predicted molar refractivity (Wildman–Crippen MR) is 99.4 cm³/mol. The Morgan fingerprint density at radius 3 is 2.54 bits per heavy atom. The molecule has 1 aromatic carbocycles. The average molecular weight is 354 g/mol. The highest BCUT2D eigenvalue weighted by Crippen LogP contribution is 2.56. The van der Waals surface area contributed by atoms with Crippen LogP contribution in [-0.4, -0.2) is 26.1 Å². The number of carbonyl (C=O) groups excluding carboxylic acids is 1. The van der Waals surface area contributed by atoms with E-state index in [0.717, 1.165) is 35.5 Å². The summed E-state index contributed by atoms with van der Waals surface area (Å²) in [6.45, 7) is 4.45. The van der Waals surface area contributed by atoms with E-state index in [-0.39, 0.29) is 23.7 Å². The molecular weight excluding hydrogens is 328 g/mol. The molecule has 0 saturated carbocycles. The molecule has 4 heteroatoms. The largest absolute Gasteiger partial charge is 0.497 e. The second-order valence-corrected chi connectivity index (χ2v) is 7.38. The molecule has 5 atom stereocenters. The Morgan fingerprint density at radius 1 is 1.08 bits per heavy atom. The zero-order valence-corrected chi connectivity index (χ0v) is 15.8. The van der Waals surface area contributed by atoms with E-state index in [1.54, 1.807) is 20.3 Å². The molecule has 1 heterocycles. The summed E-state index contributed by atoms with van der Waals surface area (Å²) < 4.78 is 17.4. The normalized spacial score (nSPS) is 31.8. The van der Waals surface area contributed by atoms with E-state index in [9.17, 15) is 4.79 Å². The van der Waals surface area contributed by atoms with E-state index in [1.165, 1.54) is 0 Å². The molecule has 0 fully saturated rings. The SMILES string of the molecule is CCC1C=C2C(=O)C=C(OC)C3Oc4ccc(OC)cc4[C@@H]([C@@H]1CC)[C@@H]23. The van der Waals surface area contributed by atoms with Gasteiger partial charge in [0, 0.05) is 29.0 Å². The van der Waals surface area contributed by atoms with Crippen LogP contribution in [0.25, 0.3) is 0 Å². The molecule has 4 rings (SSSR count). The molecule has 3 aliphatic rings. The highest BCUT2D eigenvalue weighted by Gasteiger charge is 2.52. The van der Waals surface area contributed by atoms with E-state index in [0.29, 0.717) is 17.6 Å². The lowest BCUT2D eigenvalue weighted by Gasteiger charge is -2.49. The Hall–Kier alpha value is -2.23. The van der Waals surface area contributed by atoms with Crippen LogP contribution < -0.4 is 9.47 Å². The molecule has 0 saturated heterocycles. The second-order valence-electron chi connectivity index (χ2n) is 7.38. The molecule has 0 amide bonds. The molecule has 1 aliphatic heterocycles. The topological polar surface area (TPSA) is 44.8 Å². The Bertz CT molecular complexity index is 791. The summed E-state index contributed by atoms with van der Waals surface area (Å²) in [4.78, 5) is 12.8. The van der Waals surface area contributed by atoms with Crippen LogP contribution >= 0.6 is 0 Å². The van der Waals surface area contributed by atoms with Crippen LogP contribution in [0.1, 0.15) is 38.2 Å². The zero-order valence-electron chi connectivity index (χ0n) is 15.8. The van der Waals surface area contributed by atoms with Crippen molar-refractivity contribution in [2.45, 2.75) is 38.7 Å². The van der Waals surface area contributed by atoms with Gasteiger partial charge in [-0.25, -0.2) is 0 Å². The number of benzene rings is 1. The van der Waals surface area contributed by atoms with Crippen LogP contribution in [0, 0.1) is 17.8 Å². The molecule has 1 aromatic rings. The summed E-state index contributed by atoms with van der Waals surface area (Å²) in [6.07, 6.45) is 5.68. The lowest BCUT2D eigenvalue weighted by atomic mass is 9.58. The molecule has 26 heavy (non-hydrogen) atoms. The van der Waals surface area contributed by atoms with Crippen LogP contribution in [0.4, 0.5) is 0 Å². The maximum atomic E-state index is 12.8. The quantitative estimate of drug-likeness (QED) is 0.810. The summed E-state index contributed by atoms with van der Waals surface area (Å²) in [6, 6.07) is 6.00. The lowest BCUT2D eigenvalue weighted by molar-refractivity contribution is -0.114. The lowest BCUT2D eigenvalue weighted by Crippen LogP contribution is -2.48. The Morgan fingerprint density at radius 2 is 1.88 bits per heavy atom. The maximum absolute atomic E-state index is 12.8. The number of hydrogen-bond donors (Lipinski definition) is 0. The van der Waals surface area contributed by atoms with Gasteiger partial charge in [-0.15, -0.1) is 0 Å². The van der Waals surface area contributed by atoms with Crippen molar-refractivity contribution in [3.8, 4) is 11.5 Å². The summed E-state index contributed by atoms with van der Waals surface area (Å²) in [5.41, 5.74) is 2.05. The second kappa shape index (κ2) is 6.49. The summed E-state index contributed by atoms with van der Waals surface area (Å²) >= 11 is 0. The van der Waals surface area contributed by atoms with Crippen molar-refractivity contribution >= 4 is 5.78 Å². The van der Waals surface area contributed by atoms with E-state index < -0.39 is 0 Å². The van der Waals surface area contributed by atoms with Crippen LogP contribution in [0.2, 0.25) is 0 Å². The van der Waals surface area contributed by atoms with Crippen molar-refractivity contribution in [2.24, 2.45) is 17.8 Å². The fraction of sp³-hybridized carbons (Fsp3) is 0.500. The number of fused-ring (bicyclic) bond motifs is 2.